The van der Waals surface area contributed by atoms with Crippen molar-refractivity contribution >= 4 is 42.1 Å². The van der Waals surface area contributed by atoms with Gasteiger partial charge < -0.3 is 15.4 Å². The van der Waals surface area contributed by atoms with Crippen LogP contribution in [0.15, 0.2) is 0 Å². The molecule has 1 aliphatic heterocycles. The van der Waals surface area contributed by atoms with Crippen LogP contribution in [0, 0.1) is 13.8 Å². The van der Waals surface area contributed by atoms with Crippen molar-refractivity contribution in [2.24, 2.45) is 0 Å². The van der Waals surface area contributed by atoms with Crippen LogP contribution < -0.4 is 10.6 Å². The third-order valence-electron chi connectivity index (χ3n) is 2.66. The molecule has 2 rings (SSSR count). The number of amides is 1. The Bertz CT molecular complexity index is 409. The van der Waals surface area contributed by atoms with Crippen LogP contribution in [0.3, 0.4) is 0 Å². The maximum atomic E-state index is 11.8. The number of carbonyl (C=O) groups excluding carboxylic acids is 1. The number of aryl methyl sites for hydroxylation is 2. The van der Waals surface area contributed by atoms with Crippen LogP contribution in [0.25, 0.3) is 0 Å². The Labute approximate surface area is 129 Å². The minimum Gasteiger partial charge on any atom is -0.378 e. The van der Waals surface area contributed by atoms with Gasteiger partial charge in [0.1, 0.15) is 6.04 Å². The molecule has 0 spiro atoms. The number of morpholine rings is 1. The Morgan fingerprint density at radius 2 is 2.26 bits per heavy atom. The largest absolute Gasteiger partial charge is 0.378 e. The molecule has 1 aromatic rings. The van der Waals surface area contributed by atoms with E-state index in [0.29, 0.717) is 19.8 Å². The molecule has 0 bridgehead atoms. The van der Waals surface area contributed by atoms with Gasteiger partial charge in [-0.15, -0.1) is 36.2 Å². The van der Waals surface area contributed by atoms with Crippen molar-refractivity contribution in [2.75, 3.05) is 19.8 Å². The first-order chi connectivity index (χ1) is 8.16. The summed E-state index contributed by atoms with van der Waals surface area (Å²) < 4.78 is 5.25. The van der Waals surface area contributed by atoms with Gasteiger partial charge in [-0.05, 0) is 13.8 Å². The molecule has 2 heterocycles. The van der Waals surface area contributed by atoms with E-state index >= 15 is 0 Å². The molecule has 1 atom stereocenters. The molecule has 1 unspecified atom stereocenters. The monoisotopic (exact) mass is 327 g/mol. The number of thiazole rings is 1. The third-order valence-corrected chi connectivity index (χ3v) is 3.73. The van der Waals surface area contributed by atoms with E-state index in [1.807, 2.05) is 13.8 Å². The summed E-state index contributed by atoms with van der Waals surface area (Å²) in [4.78, 5) is 17.3. The van der Waals surface area contributed by atoms with Gasteiger partial charge in [-0.25, -0.2) is 4.98 Å². The van der Waals surface area contributed by atoms with E-state index in [4.69, 9.17) is 4.74 Å². The molecule has 0 radical (unpaired) electrons. The molecule has 0 aromatic carbocycles. The lowest BCUT2D eigenvalue weighted by Crippen LogP contribution is -2.51. The summed E-state index contributed by atoms with van der Waals surface area (Å²) >= 11 is 1.63. The molecule has 1 amide bonds. The van der Waals surface area contributed by atoms with Gasteiger partial charge in [-0.3, -0.25) is 4.79 Å². The second-order valence-electron chi connectivity index (χ2n) is 4.04. The van der Waals surface area contributed by atoms with Gasteiger partial charge in [-0.2, -0.15) is 0 Å². The Morgan fingerprint density at radius 3 is 2.79 bits per heavy atom. The van der Waals surface area contributed by atoms with Crippen molar-refractivity contribution in [1.29, 1.82) is 0 Å². The molecular formula is C11H19Cl2N3O2S. The first kappa shape index (κ1) is 18.6. The number of ether oxygens (including phenoxy) is 1. The molecule has 19 heavy (non-hydrogen) atoms. The van der Waals surface area contributed by atoms with E-state index < -0.39 is 0 Å². The summed E-state index contributed by atoms with van der Waals surface area (Å²) in [6.45, 7) is 6.35. The lowest BCUT2D eigenvalue weighted by Gasteiger charge is -2.22. The summed E-state index contributed by atoms with van der Waals surface area (Å²) in [6, 6.07) is -0.224. The Hall–Kier alpha value is -0.400. The number of rotatable bonds is 3. The zero-order chi connectivity index (χ0) is 12.3. The van der Waals surface area contributed by atoms with Crippen LogP contribution in [0.2, 0.25) is 0 Å². The quantitative estimate of drug-likeness (QED) is 0.875. The average molecular weight is 328 g/mol. The molecule has 0 saturated carbocycles. The van der Waals surface area contributed by atoms with E-state index in [1.54, 1.807) is 11.3 Å². The number of nitrogens with one attached hydrogen (secondary N) is 2. The molecule has 1 aromatic heterocycles. The lowest BCUT2D eigenvalue weighted by atomic mass is 10.2. The molecule has 2 N–H and O–H groups in total. The number of nitrogens with zero attached hydrogens (tertiary/aromatic N) is 1. The van der Waals surface area contributed by atoms with Gasteiger partial charge in [0.25, 0.3) is 0 Å². The third kappa shape index (κ3) is 5.24. The number of hydrogen-bond acceptors (Lipinski definition) is 5. The highest BCUT2D eigenvalue weighted by Crippen LogP contribution is 2.16. The summed E-state index contributed by atoms with van der Waals surface area (Å²) in [7, 11) is 0. The highest BCUT2D eigenvalue weighted by molar-refractivity contribution is 7.11. The SMILES string of the molecule is Cc1nc(C)c(CNC(=O)C2COCCN2)s1.Cl.Cl. The maximum absolute atomic E-state index is 11.8. The fraction of sp³-hybridized carbons (Fsp3) is 0.636. The van der Waals surface area contributed by atoms with Crippen LogP contribution in [0.1, 0.15) is 15.6 Å². The zero-order valence-corrected chi connectivity index (χ0v) is 13.3. The van der Waals surface area contributed by atoms with Crippen molar-refractivity contribution in [3.8, 4) is 0 Å². The van der Waals surface area contributed by atoms with Gasteiger partial charge in [0.15, 0.2) is 0 Å². The molecule has 1 saturated heterocycles. The summed E-state index contributed by atoms with van der Waals surface area (Å²) in [5, 5.41) is 7.07. The molecule has 1 fully saturated rings. The minimum atomic E-state index is -0.224. The summed E-state index contributed by atoms with van der Waals surface area (Å²) in [5.74, 6) is -0.00449. The normalized spacial score (nSPS) is 18.1. The van der Waals surface area contributed by atoms with E-state index in [2.05, 4.69) is 15.6 Å². The van der Waals surface area contributed by atoms with E-state index in [-0.39, 0.29) is 36.8 Å². The number of halogens is 2. The van der Waals surface area contributed by atoms with Gasteiger partial charge in [-0.1, -0.05) is 0 Å². The number of carbonyl (C=O) groups is 1. The fourth-order valence-electron chi connectivity index (χ4n) is 1.76. The van der Waals surface area contributed by atoms with Crippen LogP contribution in [-0.2, 0) is 16.1 Å². The van der Waals surface area contributed by atoms with Gasteiger partial charge in [0.05, 0.1) is 30.5 Å². The Balaban J connectivity index is 0.00000162. The lowest BCUT2D eigenvalue weighted by molar-refractivity contribution is -0.126. The summed E-state index contributed by atoms with van der Waals surface area (Å²) in [6.07, 6.45) is 0. The standard InChI is InChI=1S/C11H17N3O2S.2ClH/c1-7-10(17-8(2)14-7)5-13-11(15)9-6-16-4-3-12-9;;/h9,12H,3-6H2,1-2H3,(H,13,15);2*1H. The average Bonchev–Trinajstić information content (AvgIpc) is 2.66. The molecule has 0 aliphatic carbocycles. The van der Waals surface area contributed by atoms with Crippen molar-refractivity contribution < 1.29 is 9.53 Å². The predicted octanol–water partition coefficient (Wildman–Crippen LogP) is 1.21. The molecular weight excluding hydrogens is 309 g/mol. The van der Waals surface area contributed by atoms with Crippen LogP contribution >= 0.6 is 36.2 Å². The van der Waals surface area contributed by atoms with Gasteiger partial charge >= 0.3 is 0 Å². The van der Waals surface area contributed by atoms with Crippen molar-refractivity contribution in [2.45, 2.75) is 26.4 Å². The zero-order valence-electron chi connectivity index (χ0n) is 10.9. The second kappa shape index (κ2) is 8.71. The molecule has 1 aliphatic rings. The van der Waals surface area contributed by atoms with E-state index in [9.17, 15) is 4.79 Å². The van der Waals surface area contributed by atoms with Crippen LogP contribution in [-0.4, -0.2) is 36.7 Å². The van der Waals surface area contributed by atoms with Crippen molar-refractivity contribution in [1.82, 2.24) is 15.6 Å². The summed E-state index contributed by atoms with van der Waals surface area (Å²) in [5.41, 5.74) is 1.00. The van der Waals surface area contributed by atoms with E-state index in [1.165, 1.54) is 0 Å². The van der Waals surface area contributed by atoms with Crippen molar-refractivity contribution in [3.05, 3.63) is 15.6 Å². The first-order valence-electron chi connectivity index (χ1n) is 5.68. The predicted molar refractivity (Wildman–Crippen MR) is 80.5 cm³/mol. The molecule has 8 heteroatoms. The number of hydrogen-bond donors (Lipinski definition) is 2. The highest BCUT2D eigenvalue weighted by Gasteiger charge is 2.21. The van der Waals surface area contributed by atoms with Crippen molar-refractivity contribution in [3.63, 3.8) is 0 Å². The van der Waals surface area contributed by atoms with Gasteiger partial charge in [0.2, 0.25) is 5.91 Å². The topological polar surface area (TPSA) is 63.2 Å². The maximum Gasteiger partial charge on any atom is 0.239 e. The molecule has 5 nitrogen and oxygen atoms in total. The van der Waals surface area contributed by atoms with Crippen LogP contribution in [0.4, 0.5) is 0 Å². The second-order valence-corrected chi connectivity index (χ2v) is 5.33. The smallest absolute Gasteiger partial charge is 0.239 e. The minimum absolute atomic E-state index is 0. The fourth-order valence-corrected chi connectivity index (χ4v) is 2.64. The first-order valence-corrected chi connectivity index (χ1v) is 6.50. The highest BCUT2D eigenvalue weighted by atomic mass is 35.5. The van der Waals surface area contributed by atoms with Crippen LogP contribution in [0.5, 0.6) is 0 Å². The Morgan fingerprint density at radius 1 is 1.53 bits per heavy atom. The number of aromatic nitrogens is 1. The molecule has 110 valence electrons. The Kier molecular flexibility index (Phi) is 8.52. The van der Waals surface area contributed by atoms with Gasteiger partial charge in [0, 0.05) is 11.4 Å². The van der Waals surface area contributed by atoms with E-state index in [0.717, 1.165) is 22.1 Å².